The normalized spacial score (nSPS) is 21.1. The predicted molar refractivity (Wildman–Crippen MR) is 71.2 cm³/mol. The molecule has 1 aliphatic rings. The number of hydrogen-bond donors (Lipinski definition) is 2. The summed E-state index contributed by atoms with van der Waals surface area (Å²) in [5.74, 6) is -1.53. The van der Waals surface area contributed by atoms with Gasteiger partial charge in [-0.3, -0.25) is 0 Å². The molecule has 7 nitrogen and oxygen atoms in total. The topological polar surface area (TPSA) is 95.9 Å². The minimum atomic E-state index is -1.33. The van der Waals surface area contributed by atoms with Gasteiger partial charge >= 0.3 is 18.0 Å². The first-order valence-corrected chi connectivity index (χ1v) is 6.84. The molecule has 20 heavy (non-hydrogen) atoms. The van der Waals surface area contributed by atoms with E-state index in [2.05, 4.69) is 5.32 Å². The lowest BCUT2D eigenvalue weighted by Gasteiger charge is -2.30. The monoisotopic (exact) mass is 286 g/mol. The van der Waals surface area contributed by atoms with Crippen LogP contribution in [0.4, 0.5) is 4.79 Å². The molecule has 2 unspecified atom stereocenters. The molecule has 0 spiro atoms. The van der Waals surface area contributed by atoms with Crippen LogP contribution in [0.3, 0.4) is 0 Å². The highest BCUT2D eigenvalue weighted by molar-refractivity contribution is 5.89. The summed E-state index contributed by atoms with van der Waals surface area (Å²) in [5, 5.41) is 11.6. The molecular weight excluding hydrogens is 264 g/mol. The average Bonchev–Trinajstić information content (AvgIpc) is 2.87. The fourth-order valence-corrected chi connectivity index (χ4v) is 2.09. The molecule has 1 aliphatic heterocycles. The fourth-order valence-electron chi connectivity index (χ4n) is 2.09. The van der Waals surface area contributed by atoms with Crippen LogP contribution in [-0.2, 0) is 14.3 Å². The van der Waals surface area contributed by atoms with Crippen molar-refractivity contribution in [2.45, 2.75) is 51.6 Å². The van der Waals surface area contributed by atoms with Crippen LogP contribution in [0.2, 0.25) is 0 Å². The Morgan fingerprint density at radius 2 is 2.05 bits per heavy atom. The van der Waals surface area contributed by atoms with Crippen molar-refractivity contribution < 1.29 is 24.2 Å². The van der Waals surface area contributed by atoms with Gasteiger partial charge in [0.25, 0.3) is 0 Å². The molecule has 0 aromatic carbocycles. The summed E-state index contributed by atoms with van der Waals surface area (Å²) in [5.41, 5.74) is -1.33. The van der Waals surface area contributed by atoms with Gasteiger partial charge in [0.2, 0.25) is 0 Å². The van der Waals surface area contributed by atoms with Crippen LogP contribution in [0.25, 0.3) is 0 Å². The van der Waals surface area contributed by atoms with Gasteiger partial charge in [0.1, 0.15) is 11.6 Å². The maximum Gasteiger partial charge on any atom is 0.329 e. The Morgan fingerprint density at radius 1 is 1.40 bits per heavy atom. The number of amides is 2. The van der Waals surface area contributed by atoms with Gasteiger partial charge in [-0.25, -0.2) is 14.4 Å². The van der Waals surface area contributed by atoms with Crippen LogP contribution in [0.15, 0.2) is 0 Å². The third kappa shape index (κ3) is 3.40. The molecule has 0 aromatic rings. The fraction of sp³-hybridized carbons (Fsp3) is 0.769. The first-order chi connectivity index (χ1) is 9.35. The number of urea groups is 1. The van der Waals surface area contributed by atoms with Gasteiger partial charge < -0.3 is 20.1 Å². The van der Waals surface area contributed by atoms with E-state index in [4.69, 9.17) is 9.84 Å². The van der Waals surface area contributed by atoms with Gasteiger partial charge in [-0.2, -0.15) is 0 Å². The molecule has 1 heterocycles. The summed E-state index contributed by atoms with van der Waals surface area (Å²) in [6.45, 7) is 5.51. The number of carbonyl (C=O) groups excluding carboxylic acids is 2. The van der Waals surface area contributed by atoms with Crippen molar-refractivity contribution >= 4 is 18.0 Å². The summed E-state index contributed by atoms with van der Waals surface area (Å²) in [6, 6.07) is -1.16. The lowest BCUT2D eigenvalue weighted by molar-refractivity contribution is -0.147. The summed E-state index contributed by atoms with van der Waals surface area (Å²) >= 11 is 0. The second-order valence-corrected chi connectivity index (χ2v) is 5.02. The smallest absolute Gasteiger partial charge is 0.329 e. The van der Waals surface area contributed by atoms with Gasteiger partial charge in [-0.05, 0) is 33.1 Å². The van der Waals surface area contributed by atoms with Crippen molar-refractivity contribution in [3.05, 3.63) is 0 Å². The van der Waals surface area contributed by atoms with E-state index in [1.807, 2.05) is 0 Å². The highest BCUT2D eigenvalue weighted by Gasteiger charge is 2.39. The number of hydrogen-bond acceptors (Lipinski definition) is 4. The van der Waals surface area contributed by atoms with Gasteiger partial charge in [0, 0.05) is 6.54 Å². The lowest BCUT2D eigenvalue weighted by Crippen LogP contribution is -2.57. The SMILES string of the molecule is CCOC(=O)C1CCCN1C(=O)NC(C)(CC)C(=O)O. The van der Waals surface area contributed by atoms with E-state index >= 15 is 0 Å². The van der Waals surface area contributed by atoms with Crippen molar-refractivity contribution in [2.75, 3.05) is 13.2 Å². The van der Waals surface area contributed by atoms with E-state index in [0.717, 1.165) is 0 Å². The number of aliphatic carboxylic acids is 1. The predicted octanol–water partition coefficient (Wildman–Crippen LogP) is 0.977. The van der Waals surface area contributed by atoms with Crippen molar-refractivity contribution in [2.24, 2.45) is 0 Å². The molecule has 1 saturated heterocycles. The third-order valence-electron chi connectivity index (χ3n) is 3.63. The Hall–Kier alpha value is -1.79. The largest absolute Gasteiger partial charge is 0.480 e. The van der Waals surface area contributed by atoms with Crippen LogP contribution in [0.5, 0.6) is 0 Å². The molecule has 114 valence electrons. The first kappa shape index (κ1) is 16.3. The molecule has 0 aliphatic carbocycles. The number of nitrogens with one attached hydrogen (secondary N) is 1. The second-order valence-electron chi connectivity index (χ2n) is 5.02. The highest BCUT2D eigenvalue weighted by atomic mass is 16.5. The number of nitrogens with zero attached hydrogens (tertiary/aromatic N) is 1. The van der Waals surface area contributed by atoms with E-state index < -0.39 is 29.6 Å². The Kier molecular flexibility index (Phi) is 5.35. The van der Waals surface area contributed by atoms with Crippen LogP contribution in [0, 0.1) is 0 Å². The molecule has 0 saturated carbocycles. The highest BCUT2D eigenvalue weighted by Crippen LogP contribution is 2.20. The molecule has 1 rings (SSSR count). The zero-order valence-electron chi connectivity index (χ0n) is 12.1. The van der Waals surface area contributed by atoms with E-state index in [-0.39, 0.29) is 13.0 Å². The Morgan fingerprint density at radius 3 is 2.55 bits per heavy atom. The van der Waals surface area contributed by atoms with Crippen molar-refractivity contribution in [3.63, 3.8) is 0 Å². The summed E-state index contributed by atoms with van der Waals surface area (Å²) < 4.78 is 4.93. The number of rotatable bonds is 5. The number of carboxylic acid groups (broad SMARTS) is 1. The zero-order valence-corrected chi connectivity index (χ0v) is 12.1. The van der Waals surface area contributed by atoms with Gasteiger partial charge in [0.15, 0.2) is 0 Å². The first-order valence-electron chi connectivity index (χ1n) is 6.84. The van der Waals surface area contributed by atoms with Crippen molar-refractivity contribution in [1.82, 2.24) is 10.2 Å². The van der Waals surface area contributed by atoms with E-state index in [0.29, 0.717) is 19.4 Å². The zero-order chi connectivity index (χ0) is 15.3. The number of carboxylic acids is 1. The van der Waals surface area contributed by atoms with Crippen molar-refractivity contribution in [1.29, 1.82) is 0 Å². The molecule has 2 N–H and O–H groups in total. The van der Waals surface area contributed by atoms with Crippen LogP contribution >= 0.6 is 0 Å². The van der Waals surface area contributed by atoms with Gasteiger partial charge in [-0.1, -0.05) is 6.92 Å². The average molecular weight is 286 g/mol. The Bertz CT molecular complexity index is 398. The number of likely N-dealkylation sites (tertiary alicyclic amines) is 1. The minimum absolute atomic E-state index is 0.256. The number of ether oxygens (including phenoxy) is 1. The molecule has 7 heteroatoms. The second kappa shape index (κ2) is 6.58. The molecule has 1 fully saturated rings. The summed E-state index contributed by atoms with van der Waals surface area (Å²) in [7, 11) is 0. The Balaban J connectivity index is 2.75. The minimum Gasteiger partial charge on any atom is -0.480 e. The number of carbonyl (C=O) groups is 3. The molecule has 2 atom stereocenters. The van der Waals surface area contributed by atoms with E-state index in [9.17, 15) is 14.4 Å². The van der Waals surface area contributed by atoms with E-state index in [1.165, 1.54) is 11.8 Å². The number of esters is 1. The van der Waals surface area contributed by atoms with Gasteiger partial charge in [-0.15, -0.1) is 0 Å². The third-order valence-corrected chi connectivity index (χ3v) is 3.63. The van der Waals surface area contributed by atoms with Crippen LogP contribution in [0.1, 0.15) is 40.0 Å². The van der Waals surface area contributed by atoms with E-state index in [1.54, 1.807) is 13.8 Å². The lowest BCUT2D eigenvalue weighted by atomic mass is 10.00. The maximum atomic E-state index is 12.2. The molecule has 0 aromatic heterocycles. The standard InChI is InChI=1S/C13H22N2O5/c1-4-13(3,11(17)18)14-12(19)15-8-6-7-9(15)10(16)20-5-2/h9H,4-8H2,1-3H3,(H,14,19)(H,17,18). The van der Waals surface area contributed by atoms with Gasteiger partial charge in [0.05, 0.1) is 6.61 Å². The molecule has 0 bridgehead atoms. The molecular formula is C13H22N2O5. The Labute approximate surface area is 118 Å². The summed E-state index contributed by atoms with van der Waals surface area (Å²) in [6.07, 6.45) is 1.50. The molecule has 2 amide bonds. The van der Waals surface area contributed by atoms with Crippen molar-refractivity contribution in [3.8, 4) is 0 Å². The summed E-state index contributed by atoms with van der Waals surface area (Å²) in [4.78, 5) is 36.5. The quantitative estimate of drug-likeness (QED) is 0.734. The maximum absolute atomic E-state index is 12.2. The molecule has 0 radical (unpaired) electrons. The van der Waals surface area contributed by atoms with Crippen LogP contribution in [-0.4, -0.2) is 52.7 Å². The van der Waals surface area contributed by atoms with Crippen LogP contribution < -0.4 is 5.32 Å².